The van der Waals surface area contributed by atoms with Gasteiger partial charge in [0.15, 0.2) is 0 Å². The Morgan fingerprint density at radius 1 is 1.44 bits per heavy atom. The van der Waals surface area contributed by atoms with Gasteiger partial charge in [-0.25, -0.2) is 0 Å². The van der Waals surface area contributed by atoms with Crippen LogP contribution in [0.1, 0.15) is 42.4 Å². The SMILES string of the molecule is COc1c(C(C)C(=O)O)cc2c(c1Cl)CCCC2. The summed E-state index contributed by atoms with van der Waals surface area (Å²) in [5.41, 5.74) is 2.98. The molecule has 1 unspecified atom stereocenters. The summed E-state index contributed by atoms with van der Waals surface area (Å²) in [4.78, 5) is 11.1. The number of carbonyl (C=O) groups is 1. The van der Waals surface area contributed by atoms with E-state index >= 15 is 0 Å². The van der Waals surface area contributed by atoms with E-state index in [1.54, 1.807) is 6.92 Å². The summed E-state index contributed by atoms with van der Waals surface area (Å²) in [6.45, 7) is 1.66. The van der Waals surface area contributed by atoms with E-state index in [2.05, 4.69) is 0 Å². The van der Waals surface area contributed by atoms with Gasteiger partial charge in [-0.1, -0.05) is 17.7 Å². The fraction of sp³-hybridized carbons (Fsp3) is 0.500. The highest BCUT2D eigenvalue weighted by Crippen LogP contribution is 2.40. The molecule has 18 heavy (non-hydrogen) atoms. The van der Waals surface area contributed by atoms with Crippen molar-refractivity contribution in [3.05, 3.63) is 27.8 Å². The fourth-order valence-corrected chi connectivity index (χ4v) is 2.92. The summed E-state index contributed by atoms with van der Waals surface area (Å²) < 4.78 is 5.32. The summed E-state index contributed by atoms with van der Waals surface area (Å²) in [5.74, 6) is -0.947. The predicted molar refractivity (Wildman–Crippen MR) is 70.7 cm³/mol. The van der Waals surface area contributed by atoms with Gasteiger partial charge in [-0.15, -0.1) is 0 Å². The van der Waals surface area contributed by atoms with E-state index in [1.807, 2.05) is 6.07 Å². The van der Waals surface area contributed by atoms with Gasteiger partial charge in [0.25, 0.3) is 0 Å². The third kappa shape index (κ3) is 2.19. The van der Waals surface area contributed by atoms with Crippen LogP contribution in [0.4, 0.5) is 0 Å². The quantitative estimate of drug-likeness (QED) is 0.914. The van der Waals surface area contributed by atoms with E-state index in [4.69, 9.17) is 21.4 Å². The molecule has 98 valence electrons. The number of hydrogen-bond acceptors (Lipinski definition) is 2. The molecule has 1 aromatic carbocycles. The van der Waals surface area contributed by atoms with Crippen LogP contribution < -0.4 is 4.74 Å². The van der Waals surface area contributed by atoms with Gasteiger partial charge in [-0.3, -0.25) is 4.79 Å². The average Bonchev–Trinajstić information content (AvgIpc) is 2.37. The minimum atomic E-state index is -0.861. The molecule has 0 heterocycles. The van der Waals surface area contributed by atoms with Gasteiger partial charge < -0.3 is 9.84 Å². The number of methoxy groups -OCH3 is 1. The van der Waals surface area contributed by atoms with Gasteiger partial charge in [0.1, 0.15) is 5.75 Å². The molecule has 0 aliphatic heterocycles. The molecule has 1 N–H and O–H groups in total. The lowest BCUT2D eigenvalue weighted by Crippen LogP contribution is -2.12. The van der Waals surface area contributed by atoms with Gasteiger partial charge >= 0.3 is 5.97 Å². The van der Waals surface area contributed by atoms with Gasteiger partial charge in [-0.05, 0) is 43.7 Å². The van der Waals surface area contributed by atoms with Gasteiger partial charge in [-0.2, -0.15) is 0 Å². The summed E-state index contributed by atoms with van der Waals surface area (Å²) in [5, 5.41) is 9.75. The number of ether oxygens (including phenoxy) is 1. The van der Waals surface area contributed by atoms with Crippen LogP contribution in [0.2, 0.25) is 5.02 Å². The highest BCUT2D eigenvalue weighted by molar-refractivity contribution is 6.33. The van der Waals surface area contributed by atoms with Crippen molar-refractivity contribution in [1.29, 1.82) is 0 Å². The van der Waals surface area contributed by atoms with Gasteiger partial charge in [0.05, 0.1) is 18.1 Å². The Labute approximate surface area is 112 Å². The Bertz CT molecular complexity index is 482. The Hall–Kier alpha value is -1.22. The van der Waals surface area contributed by atoms with Crippen molar-refractivity contribution in [2.24, 2.45) is 0 Å². The second-order valence-electron chi connectivity index (χ2n) is 4.72. The van der Waals surface area contributed by atoms with Crippen molar-refractivity contribution in [3.63, 3.8) is 0 Å². The van der Waals surface area contributed by atoms with Crippen molar-refractivity contribution < 1.29 is 14.6 Å². The number of aliphatic carboxylic acids is 1. The lowest BCUT2D eigenvalue weighted by atomic mass is 9.87. The molecule has 0 saturated heterocycles. The Morgan fingerprint density at radius 3 is 2.72 bits per heavy atom. The van der Waals surface area contributed by atoms with Gasteiger partial charge in [0, 0.05) is 5.56 Å². The first-order valence-electron chi connectivity index (χ1n) is 6.17. The van der Waals surface area contributed by atoms with Crippen molar-refractivity contribution in [2.45, 2.75) is 38.5 Å². The highest BCUT2D eigenvalue weighted by Gasteiger charge is 2.25. The molecule has 0 spiro atoms. The molecule has 3 nitrogen and oxygen atoms in total. The summed E-state index contributed by atoms with van der Waals surface area (Å²) >= 11 is 6.36. The number of aryl methyl sites for hydroxylation is 1. The summed E-state index contributed by atoms with van der Waals surface area (Å²) in [7, 11) is 1.54. The maximum atomic E-state index is 11.1. The molecule has 4 heteroatoms. The predicted octanol–water partition coefficient (Wildman–Crippen LogP) is 3.42. The highest BCUT2D eigenvalue weighted by atomic mass is 35.5. The van der Waals surface area contributed by atoms with Gasteiger partial charge in [0.2, 0.25) is 0 Å². The summed E-state index contributed by atoms with van der Waals surface area (Å²) in [6.07, 6.45) is 4.19. The molecule has 1 aliphatic carbocycles. The standard InChI is InChI=1S/C14H17ClO3/c1-8(14(16)17)11-7-9-5-3-4-6-10(9)12(15)13(11)18-2/h7-8H,3-6H2,1-2H3,(H,16,17). The molecule has 1 aromatic rings. The Morgan fingerprint density at radius 2 is 2.11 bits per heavy atom. The van der Waals surface area contributed by atoms with Crippen LogP contribution >= 0.6 is 11.6 Å². The normalized spacial score (nSPS) is 15.9. The third-order valence-corrected chi connectivity index (χ3v) is 4.01. The first-order chi connectivity index (χ1) is 8.56. The van der Waals surface area contributed by atoms with E-state index in [0.29, 0.717) is 16.3 Å². The molecule has 0 aromatic heterocycles. The zero-order valence-electron chi connectivity index (χ0n) is 10.6. The largest absolute Gasteiger partial charge is 0.495 e. The third-order valence-electron chi connectivity index (χ3n) is 3.61. The van der Waals surface area contributed by atoms with E-state index in [9.17, 15) is 4.79 Å². The van der Waals surface area contributed by atoms with Crippen molar-refractivity contribution in [2.75, 3.05) is 7.11 Å². The lowest BCUT2D eigenvalue weighted by Gasteiger charge is -2.22. The Balaban J connectivity index is 2.58. The maximum Gasteiger partial charge on any atom is 0.310 e. The van der Waals surface area contributed by atoms with Crippen molar-refractivity contribution >= 4 is 17.6 Å². The number of rotatable bonds is 3. The second-order valence-corrected chi connectivity index (χ2v) is 5.10. The second kappa shape index (κ2) is 5.19. The molecule has 1 aliphatic rings. The average molecular weight is 269 g/mol. The van der Waals surface area contributed by atoms with Crippen LogP contribution in [0.25, 0.3) is 0 Å². The lowest BCUT2D eigenvalue weighted by molar-refractivity contribution is -0.138. The number of hydrogen-bond donors (Lipinski definition) is 1. The number of benzene rings is 1. The fourth-order valence-electron chi connectivity index (χ4n) is 2.52. The van der Waals surface area contributed by atoms with Crippen molar-refractivity contribution in [3.8, 4) is 5.75 Å². The maximum absolute atomic E-state index is 11.1. The summed E-state index contributed by atoms with van der Waals surface area (Å²) in [6, 6.07) is 1.96. The monoisotopic (exact) mass is 268 g/mol. The Kier molecular flexibility index (Phi) is 3.81. The van der Waals surface area contributed by atoms with Crippen LogP contribution in [0, 0.1) is 0 Å². The molecule has 0 radical (unpaired) electrons. The first-order valence-corrected chi connectivity index (χ1v) is 6.55. The first kappa shape index (κ1) is 13.2. The molecule has 0 amide bonds. The van der Waals surface area contributed by atoms with E-state index in [1.165, 1.54) is 12.7 Å². The minimum Gasteiger partial charge on any atom is -0.495 e. The molecular weight excluding hydrogens is 252 g/mol. The molecule has 0 bridgehead atoms. The number of carboxylic acids is 1. The van der Waals surface area contributed by atoms with Crippen LogP contribution in [0.5, 0.6) is 5.75 Å². The number of fused-ring (bicyclic) bond motifs is 1. The topological polar surface area (TPSA) is 46.5 Å². The smallest absolute Gasteiger partial charge is 0.310 e. The van der Waals surface area contributed by atoms with E-state index in [0.717, 1.165) is 31.2 Å². The van der Waals surface area contributed by atoms with Crippen LogP contribution in [-0.2, 0) is 17.6 Å². The molecule has 0 fully saturated rings. The molecular formula is C14H17ClO3. The van der Waals surface area contributed by atoms with Crippen LogP contribution in [0.3, 0.4) is 0 Å². The zero-order valence-corrected chi connectivity index (χ0v) is 11.4. The van der Waals surface area contributed by atoms with Crippen LogP contribution in [0.15, 0.2) is 6.07 Å². The molecule has 0 saturated carbocycles. The van der Waals surface area contributed by atoms with Crippen LogP contribution in [-0.4, -0.2) is 18.2 Å². The van der Waals surface area contributed by atoms with Crippen molar-refractivity contribution in [1.82, 2.24) is 0 Å². The minimum absolute atomic E-state index is 0.521. The van der Waals surface area contributed by atoms with E-state index < -0.39 is 11.9 Å². The zero-order chi connectivity index (χ0) is 13.3. The number of halogens is 1. The molecule has 1 atom stereocenters. The molecule has 2 rings (SSSR count). The van der Waals surface area contributed by atoms with E-state index in [-0.39, 0.29) is 0 Å². The number of carboxylic acid groups (broad SMARTS) is 1.